The molecule has 2 amide bonds. The summed E-state index contributed by atoms with van der Waals surface area (Å²) in [5, 5.41) is 26.9. The summed E-state index contributed by atoms with van der Waals surface area (Å²) >= 11 is 10.3. The molecule has 0 saturated heterocycles. The van der Waals surface area contributed by atoms with Crippen LogP contribution >= 0.6 is 0 Å². The van der Waals surface area contributed by atoms with Crippen LogP contribution in [0.2, 0.25) is 0 Å². The van der Waals surface area contributed by atoms with E-state index in [9.17, 15) is 29.8 Å². The van der Waals surface area contributed by atoms with Crippen LogP contribution in [0, 0.1) is 20.2 Å². The normalized spacial score (nSPS) is 14.5. The Labute approximate surface area is 264 Å². The number of carbonyl (C=O) groups excluding carboxylic acids is 2. The molecule has 15 heteroatoms. The van der Waals surface area contributed by atoms with Gasteiger partial charge in [0.15, 0.2) is 0 Å². The van der Waals surface area contributed by atoms with Gasteiger partial charge in [-0.3, -0.25) is 29.8 Å². The fourth-order valence-electron chi connectivity index (χ4n) is 4.07. The molecule has 0 bridgehead atoms. The maximum atomic E-state index is 12.0. The zero-order chi connectivity index (χ0) is 30.0. The van der Waals surface area contributed by atoms with Gasteiger partial charge in [-0.2, -0.15) is 0 Å². The summed E-state index contributed by atoms with van der Waals surface area (Å²) in [6.45, 7) is 0. The largest absolute Gasteiger partial charge is 2.00 e. The van der Waals surface area contributed by atoms with Crippen LogP contribution in [-0.4, -0.2) is 33.1 Å². The molecule has 0 atom stereocenters. The summed E-state index contributed by atoms with van der Waals surface area (Å²) in [6.07, 6.45) is 0. The summed E-state index contributed by atoms with van der Waals surface area (Å²) in [4.78, 5) is 54.2. The number of non-ortho nitro benzene ring substituents is 2. The minimum Gasteiger partial charge on any atom is -0.778 e. The van der Waals surface area contributed by atoms with Crippen molar-refractivity contribution < 1.29 is 36.5 Å². The smallest absolute Gasteiger partial charge is 0.778 e. The number of rotatable bonds is 4. The first kappa shape index (κ1) is 30.9. The molecule has 43 heavy (non-hydrogen) atoms. The monoisotopic (exact) mass is 651 g/mol. The molecule has 0 aromatic heterocycles. The molecule has 0 fully saturated rings. The van der Waals surface area contributed by atoms with E-state index >= 15 is 0 Å². The van der Waals surface area contributed by atoms with Gasteiger partial charge in [-0.05, 0) is 24.3 Å². The van der Waals surface area contributed by atoms with Gasteiger partial charge in [0.05, 0.1) is 21.2 Å². The van der Waals surface area contributed by atoms with Crippen LogP contribution in [-0.2, 0) is 51.9 Å². The molecular weight excluding hydrogens is 635 g/mol. The molecule has 213 valence electrons. The second-order valence-electron chi connectivity index (χ2n) is 8.74. The molecular formula is C28H16MnN6O6S2. The van der Waals surface area contributed by atoms with E-state index in [0.29, 0.717) is 43.7 Å². The first-order valence-electron chi connectivity index (χ1n) is 12.0. The second-order valence-corrected chi connectivity index (χ2v) is 9.62. The number of carbonyl (C=O) groups is 2. The Hall–Kier alpha value is -5.08. The van der Waals surface area contributed by atoms with Gasteiger partial charge in [0.1, 0.15) is 11.4 Å². The third kappa shape index (κ3) is 6.55. The van der Waals surface area contributed by atoms with Crippen molar-refractivity contribution >= 4 is 82.6 Å². The fraction of sp³-hybridized carbons (Fsp3) is 0. The van der Waals surface area contributed by atoms with Crippen molar-refractivity contribution in [2.24, 2.45) is 9.98 Å². The molecule has 4 aromatic carbocycles. The topological polar surface area (TPSA) is 169 Å². The van der Waals surface area contributed by atoms with E-state index < -0.39 is 21.7 Å². The van der Waals surface area contributed by atoms with E-state index in [-0.39, 0.29) is 39.9 Å². The number of nitrogens with one attached hydrogen (secondary N) is 2. The number of benzene rings is 4. The van der Waals surface area contributed by atoms with Gasteiger partial charge in [0, 0.05) is 46.8 Å². The van der Waals surface area contributed by atoms with Crippen LogP contribution in [0.1, 0.15) is 11.1 Å². The van der Waals surface area contributed by atoms with Gasteiger partial charge in [0.2, 0.25) is 0 Å². The Kier molecular flexibility index (Phi) is 9.21. The number of hydrogen-bond donors (Lipinski definition) is 2. The van der Waals surface area contributed by atoms with Crippen LogP contribution in [0.25, 0.3) is 0 Å². The average Bonchev–Trinajstić information content (AvgIpc) is 3.45. The molecule has 2 heterocycles. The van der Waals surface area contributed by atoms with E-state index in [1.54, 1.807) is 48.5 Å². The van der Waals surface area contributed by atoms with Crippen molar-refractivity contribution in [3.63, 3.8) is 0 Å². The minimum atomic E-state index is -0.512. The van der Waals surface area contributed by atoms with Crippen molar-refractivity contribution in [1.82, 2.24) is 0 Å². The van der Waals surface area contributed by atoms with Crippen LogP contribution in [0.4, 0.5) is 34.1 Å². The third-order valence-corrected chi connectivity index (χ3v) is 6.75. The zero-order valence-electron chi connectivity index (χ0n) is 21.5. The van der Waals surface area contributed by atoms with Crippen molar-refractivity contribution in [1.29, 1.82) is 0 Å². The summed E-state index contributed by atoms with van der Waals surface area (Å²) in [5.41, 5.74) is 2.87. The van der Waals surface area contributed by atoms with E-state index in [2.05, 4.69) is 20.6 Å². The van der Waals surface area contributed by atoms with Gasteiger partial charge >= 0.3 is 17.1 Å². The van der Waals surface area contributed by atoms with Gasteiger partial charge in [-0.25, -0.2) is 9.98 Å². The first-order chi connectivity index (χ1) is 20.1. The van der Waals surface area contributed by atoms with E-state index in [0.717, 1.165) is 0 Å². The molecule has 0 unspecified atom stereocenters. The number of nitro benzene ring substituents is 2. The Bertz CT molecular complexity index is 1750. The van der Waals surface area contributed by atoms with Crippen molar-refractivity contribution in [2.75, 3.05) is 10.6 Å². The molecule has 0 aliphatic carbocycles. The first-order valence-corrected chi connectivity index (χ1v) is 12.8. The number of aliphatic imine (C=N–C) groups is 2. The Morgan fingerprint density at radius 3 is 1.33 bits per heavy atom. The van der Waals surface area contributed by atoms with Crippen LogP contribution in [0.5, 0.6) is 0 Å². The predicted molar refractivity (Wildman–Crippen MR) is 160 cm³/mol. The second kappa shape index (κ2) is 12.8. The Morgan fingerprint density at radius 1 is 0.605 bits per heavy atom. The number of hydrogen-bond acceptors (Lipinski definition) is 10. The summed E-state index contributed by atoms with van der Waals surface area (Å²) < 4.78 is 0. The molecule has 0 spiro atoms. The number of anilines is 2. The molecule has 2 aliphatic rings. The average molecular weight is 652 g/mol. The summed E-state index contributed by atoms with van der Waals surface area (Å²) in [7, 11) is 0. The number of amides is 2. The van der Waals surface area contributed by atoms with Crippen LogP contribution < -0.4 is 10.6 Å². The van der Waals surface area contributed by atoms with Gasteiger partial charge in [-0.1, -0.05) is 36.4 Å². The maximum Gasteiger partial charge on any atom is 2.00 e. The molecule has 4 aromatic rings. The Balaban J connectivity index is 0.000000192. The van der Waals surface area contributed by atoms with Crippen LogP contribution in [0.3, 0.4) is 0 Å². The molecule has 2 aliphatic heterocycles. The molecule has 1 radical (unpaired) electrons. The van der Waals surface area contributed by atoms with E-state index in [4.69, 9.17) is 25.3 Å². The van der Waals surface area contributed by atoms with E-state index in [1.807, 2.05) is 0 Å². The maximum absolute atomic E-state index is 12.0. The third-order valence-electron chi connectivity index (χ3n) is 6.06. The molecule has 6 rings (SSSR count). The number of nitrogens with zero attached hydrogens (tertiary/aromatic N) is 4. The van der Waals surface area contributed by atoms with Crippen molar-refractivity contribution in [3.8, 4) is 0 Å². The van der Waals surface area contributed by atoms with Gasteiger partial charge < -0.3 is 35.9 Å². The van der Waals surface area contributed by atoms with Crippen LogP contribution in [0.15, 0.2) is 105 Å². The SMILES string of the molecule is O=C1Nc2ccc([N+](=O)[O-])cc2C1=Nc1ccccc1[S-].O=C1Nc2ccc([N+](=O)[O-])cc2C1=Nc1ccccc1[S-].[Mn+2]. The molecule has 0 saturated carbocycles. The van der Waals surface area contributed by atoms with E-state index in [1.165, 1.54) is 36.4 Å². The van der Waals surface area contributed by atoms with Gasteiger partial charge in [-0.15, -0.1) is 9.79 Å². The number of para-hydroxylation sites is 2. The van der Waals surface area contributed by atoms with Gasteiger partial charge in [0.25, 0.3) is 23.2 Å². The number of nitro groups is 2. The van der Waals surface area contributed by atoms with Crippen molar-refractivity contribution in [3.05, 3.63) is 116 Å². The molecule has 2 N–H and O–H groups in total. The summed E-state index contributed by atoms with van der Waals surface area (Å²) in [6, 6.07) is 22.2. The predicted octanol–water partition coefficient (Wildman–Crippen LogP) is 5.14. The minimum absolute atomic E-state index is 0. The Morgan fingerprint density at radius 2 is 0.977 bits per heavy atom. The summed E-state index contributed by atoms with van der Waals surface area (Å²) in [5.74, 6) is -0.799. The standard InChI is InChI=1S/2C14H9N3O3S.Mn/c2*18-14-13(15-11-3-1-2-4-12(11)21)9-7-8(17(19)20)5-6-10(9)16-14;/h2*1-7,21H,(H,15,16,18);/q;;+2/p-2. The fourth-order valence-corrected chi connectivity index (χ4v) is 4.46. The molecule has 12 nitrogen and oxygen atoms in total. The number of fused-ring (bicyclic) bond motifs is 2. The quantitative estimate of drug-likeness (QED) is 0.132. The zero-order valence-corrected chi connectivity index (χ0v) is 24.3. The van der Waals surface area contributed by atoms with Crippen molar-refractivity contribution in [2.45, 2.75) is 9.79 Å².